The monoisotopic (exact) mass is 179 g/mol. The molecule has 3 nitrogen and oxygen atoms in total. The molecule has 3 N–H and O–H groups in total. The van der Waals surface area contributed by atoms with Crippen LogP contribution in [0.4, 0.5) is 0 Å². The molecule has 0 radical (unpaired) electrons. The van der Waals surface area contributed by atoms with Crippen LogP contribution in [0.2, 0.25) is 0 Å². The highest BCUT2D eigenvalue weighted by Crippen LogP contribution is 2.06. The normalized spacial score (nSPS) is 9.92. The van der Waals surface area contributed by atoms with Crippen LogP contribution in [0.5, 0.6) is 0 Å². The lowest BCUT2D eigenvalue weighted by molar-refractivity contribution is -0.136. The van der Waals surface area contributed by atoms with Crippen molar-refractivity contribution in [3.05, 3.63) is 35.4 Å². The molecule has 0 saturated carbocycles. The van der Waals surface area contributed by atoms with E-state index < -0.39 is 5.97 Å². The Morgan fingerprint density at radius 3 is 2.69 bits per heavy atom. The van der Waals surface area contributed by atoms with Gasteiger partial charge in [-0.25, -0.2) is 0 Å². The molecule has 70 valence electrons. The van der Waals surface area contributed by atoms with Gasteiger partial charge < -0.3 is 10.8 Å². The first-order chi connectivity index (χ1) is 6.22. The molecule has 1 aromatic rings. The Morgan fingerprint density at radius 2 is 2.08 bits per heavy atom. The number of rotatable bonds is 4. The highest BCUT2D eigenvalue weighted by atomic mass is 16.4. The zero-order valence-corrected chi connectivity index (χ0v) is 7.36. The third kappa shape index (κ3) is 3.25. The quantitative estimate of drug-likeness (QED) is 0.729. The van der Waals surface area contributed by atoms with Gasteiger partial charge in [0.15, 0.2) is 0 Å². The minimum Gasteiger partial charge on any atom is -0.481 e. The maximum Gasteiger partial charge on any atom is 0.303 e. The summed E-state index contributed by atoms with van der Waals surface area (Å²) in [6.07, 6.45) is 0.747. The number of hydrogen-bond acceptors (Lipinski definition) is 2. The number of carboxylic acids is 1. The molecule has 0 atom stereocenters. The molecule has 0 aliphatic carbocycles. The van der Waals surface area contributed by atoms with Gasteiger partial charge in [-0.2, -0.15) is 0 Å². The molecule has 0 aliphatic heterocycles. The average Bonchev–Trinajstić information content (AvgIpc) is 2.15. The Bertz CT molecular complexity index is 297. The third-order valence-corrected chi connectivity index (χ3v) is 1.85. The number of carboxylic acid groups (broad SMARTS) is 1. The number of benzene rings is 1. The first kappa shape index (κ1) is 9.74. The number of aliphatic carboxylic acids is 1. The topological polar surface area (TPSA) is 63.3 Å². The van der Waals surface area contributed by atoms with Crippen LogP contribution in [0, 0.1) is 0 Å². The molecule has 0 fully saturated rings. The van der Waals surface area contributed by atoms with Crippen molar-refractivity contribution in [1.82, 2.24) is 0 Å². The van der Waals surface area contributed by atoms with Gasteiger partial charge in [0.25, 0.3) is 0 Å². The minimum absolute atomic E-state index is 0.175. The molecule has 0 saturated heterocycles. The summed E-state index contributed by atoms with van der Waals surface area (Å²) in [7, 11) is 0. The summed E-state index contributed by atoms with van der Waals surface area (Å²) in [5.41, 5.74) is 7.54. The van der Waals surface area contributed by atoms with Crippen LogP contribution in [0.25, 0.3) is 0 Å². The van der Waals surface area contributed by atoms with Gasteiger partial charge in [0, 0.05) is 13.0 Å². The van der Waals surface area contributed by atoms with Crippen LogP contribution in [0.15, 0.2) is 24.3 Å². The maximum absolute atomic E-state index is 10.3. The second kappa shape index (κ2) is 4.62. The Kier molecular flexibility index (Phi) is 3.46. The molecule has 1 aromatic carbocycles. The summed E-state index contributed by atoms with van der Waals surface area (Å²) >= 11 is 0. The SMILES string of the molecule is NCc1cccc(CCC(=O)O)c1. The molecule has 3 heteroatoms. The van der Waals surface area contributed by atoms with Crippen LogP contribution < -0.4 is 5.73 Å². The van der Waals surface area contributed by atoms with E-state index in [1.54, 1.807) is 0 Å². The first-order valence-electron chi connectivity index (χ1n) is 4.22. The van der Waals surface area contributed by atoms with E-state index in [9.17, 15) is 4.79 Å². The lowest BCUT2D eigenvalue weighted by Crippen LogP contribution is -2.00. The molecule has 0 amide bonds. The Labute approximate surface area is 77.2 Å². The first-order valence-corrected chi connectivity index (χ1v) is 4.22. The zero-order valence-electron chi connectivity index (χ0n) is 7.36. The molecule has 0 heterocycles. The van der Waals surface area contributed by atoms with Crippen molar-refractivity contribution in [3.8, 4) is 0 Å². The van der Waals surface area contributed by atoms with Crippen molar-refractivity contribution in [2.75, 3.05) is 0 Å². The average molecular weight is 179 g/mol. The summed E-state index contributed by atoms with van der Waals surface area (Å²) < 4.78 is 0. The predicted octanol–water partition coefficient (Wildman–Crippen LogP) is 1.16. The molecule has 0 aromatic heterocycles. The van der Waals surface area contributed by atoms with E-state index in [1.807, 2.05) is 24.3 Å². The molecular weight excluding hydrogens is 166 g/mol. The van der Waals surface area contributed by atoms with E-state index in [-0.39, 0.29) is 6.42 Å². The zero-order chi connectivity index (χ0) is 9.68. The number of carbonyl (C=O) groups is 1. The maximum atomic E-state index is 10.3. The fourth-order valence-electron chi connectivity index (χ4n) is 1.16. The molecule has 0 unspecified atom stereocenters. The van der Waals surface area contributed by atoms with Crippen molar-refractivity contribution in [2.45, 2.75) is 19.4 Å². The van der Waals surface area contributed by atoms with E-state index in [0.717, 1.165) is 11.1 Å². The lowest BCUT2D eigenvalue weighted by Gasteiger charge is -2.01. The summed E-state index contributed by atoms with van der Waals surface area (Å²) in [4.78, 5) is 10.3. The molecule has 13 heavy (non-hydrogen) atoms. The lowest BCUT2D eigenvalue weighted by atomic mass is 10.1. The van der Waals surface area contributed by atoms with Crippen molar-refractivity contribution < 1.29 is 9.90 Å². The van der Waals surface area contributed by atoms with E-state index in [4.69, 9.17) is 10.8 Å². The fraction of sp³-hybridized carbons (Fsp3) is 0.300. The Balaban J connectivity index is 2.61. The molecule has 0 aliphatic rings. The van der Waals surface area contributed by atoms with Gasteiger partial charge in [-0.15, -0.1) is 0 Å². The summed E-state index contributed by atoms with van der Waals surface area (Å²) in [6, 6.07) is 7.70. The van der Waals surface area contributed by atoms with Crippen LogP contribution in [-0.2, 0) is 17.8 Å². The van der Waals surface area contributed by atoms with Crippen LogP contribution in [0.1, 0.15) is 17.5 Å². The van der Waals surface area contributed by atoms with Crippen LogP contribution >= 0.6 is 0 Å². The molecule has 0 spiro atoms. The van der Waals surface area contributed by atoms with E-state index >= 15 is 0 Å². The van der Waals surface area contributed by atoms with E-state index in [0.29, 0.717) is 13.0 Å². The minimum atomic E-state index is -0.766. The van der Waals surface area contributed by atoms with Gasteiger partial charge in [0.2, 0.25) is 0 Å². The van der Waals surface area contributed by atoms with E-state index in [1.165, 1.54) is 0 Å². The van der Waals surface area contributed by atoms with Gasteiger partial charge in [0.05, 0.1) is 0 Å². The summed E-state index contributed by atoms with van der Waals surface area (Å²) in [6.45, 7) is 0.501. The summed E-state index contributed by atoms with van der Waals surface area (Å²) in [5, 5.41) is 8.48. The molecule has 1 rings (SSSR count). The van der Waals surface area contributed by atoms with E-state index in [2.05, 4.69) is 0 Å². The van der Waals surface area contributed by atoms with Crippen molar-refractivity contribution in [2.24, 2.45) is 5.73 Å². The summed E-state index contributed by atoms with van der Waals surface area (Å²) in [5.74, 6) is -0.766. The largest absolute Gasteiger partial charge is 0.481 e. The van der Waals surface area contributed by atoms with Gasteiger partial charge in [-0.05, 0) is 17.5 Å². The highest BCUT2D eigenvalue weighted by molar-refractivity contribution is 5.67. The van der Waals surface area contributed by atoms with Crippen LogP contribution in [0.3, 0.4) is 0 Å². The van der Waals surface area contributed by atoms with Gasteiger partial charge in [-0.1, -0.05) is 24.3 Å². The molecular formula is C10H13NO2. The second-order valence-electron chi connectivity index (χ2n) is 2.92. The van der Waals surface area contributed by atoms with Crippen molar-refractivity contribution >= 4 is 5.97 Å². The Morgan fingerprint density at radius 1 is 1.38 bits per heavy atom. The third-order valence-electron chi connectivity index (χ3n) is 1.85. The van der Waals surface area contributed by atoms with Crippen LogP contribution in [-0.4, -0.2) is 11.1 Å². The van der Waals surface area contributed by atoms with Gasteiger partial charge in [-0.3, -0.25) is 4.79 Å². The van der Waals surface area contributed by atoms with Crippen molar-refractivity contribution in [3.63, 3.8) is 0 Å². The standard InChI is InChI=1S/C10H13NO2/c11-7-9-3-1-2-8(6-9)4-5-10(12)13/h1-3,6H,4-5,7,11H2,(H,12,13). The molecule has 0 bridgehead atoms. The van der Waals surface area contributed by atoms with Crippen molar-refractivity contribution in [1.29, 1.82) is 0 Å². The predicted molar refractivity (Wildman–Crippen MR) is 50.3 cm³/mol. The highest BCUT2D eigenvalue weighted by Gasteiger charge is 1.99. The van der Waals surface area contributed by atoms with Gasteiger partial charge >= 0.3 is 5.97 Å². The number of aryl methyl sites for hydroxylation is 1. The smallest absolute Gasteiger partial charge is 0.303 e. The van der Waals surface area contributed by atoms with Gasteiger partial charge in [0.1, 0.15) is 0 Å². The number of hydrogen-bond donors (Lipinski definition) is 2. The Hall–Kier alpha value is -1.35. The second-order valence-corrected chi connectivity index (χ2v) is 2.92. The fourth-order valence-corrected chi connectivity index (χ4v) is 1.16. The number of nitrogens with two attached hydrogens (primary N) is 1.